The zero-order chi connectivity index (χ0) is 12.4. The molecule has 1 N–H and O–H groups in total. The molecule has 3 nitrogen and oxygen atoms in total. The molecule has 1 aromatic heterocycles. The minimum Gasteiger partial charge on any atom is -0.495 e. The van der Waals surface area contributed by atoms with E-state index in [9.17, 15) is 8.78 Å². The van der Waals surface area contributed by atoms with Gasteiger partial charge in [-0.25, -0.2) is 8.78 Å². The van der Waals surface area contributed by atoms with Crippen molar-refractivity contribution in [2.75, 3.05) is 7.11 Å². The second kappa shape index (κ2) is 4.71. The first-order valence-corrected chi connectivity index (χ1v) is 5.17. The molecule has 0 fully saturated rings. The largest absolute Gasteiger partial charge is 0.495 e. The van der Waals surface area contributed by atoms with E-state index < -0.39 is 6.43 Å². The van der Waals surface area contributed by atoms with Crippen LogP contribution in [0, 0.1) is 0 Å². The summed E-state index contributed by atoms with van der Waals surface area (Å²) in [6.07, 6.45) is -2.56. The molecular weight excluding hydrogens is 250 g/mol. The van der Waals surface area contributed by atoms with E-state index in [2.05, 4.69) is 10.2 Å². The van der Waals surface area contributed by atoms with E-state index in [0.29, 0.717) is 22.0 Å². The summed E-state index contributed by atoms with van der Waals surface area (Å²) in [4.78, 5) is 0. The molecular formula is C11H9ClF2N2O. The number of ether oxygens (including phenoxy) is 1. The van der Waals surface area contributed by atoms with E-state index in [1.165, 1.54) is 13.2 Å². The van der Waals surface area contributed by atoms with Crippen molar-refractivity contribution in [1.82, 2.24) is 10.2 Å². The van der Waals surface area contributed by atoms with Gasteiger partial charge in [0.05, 0.1) is 17.8 Å². The highest BCUT2D eigenvalue weighted by atomic mass is 35.5. The summed E-state index contributed by atoms with van der Waals surface area (Å²) < 4.78 is 29.8. The fraction of sp³-hybridized carbons (Fsp3) is 0.182. The van der Waals surface area contributed by atoms with Crippen LogP contribution in [-0.2, 0) is 0 Å². The molecule has 1 aromatic carbocycles. The van der Waals surface area contributed by atoms with Crippen molar-refractivity contribution in [2.45, 2.75) is 6.43 Å². The number of benzene rings is 1. The van der Waals surface area contributed by atoms with E-state index in [1.807, 2.05) is 0 Å². The predicted molar refractivity (Wildman–Crippen MR) is 60.5 cm³/mol. The molecule has 0 radical (unpaired) electrons. The number of methoxy groups -OCH3 is 1. The summed E-state index contributed by atoms with van der Waals surface area (Å²) in [5, 5.41) is 6.49. The molecule has 0 aliphatic heterocycles. The van der Waals surface area contributed by atoms with Gasteiger partial charge in [-0.1, -0.05) is 11.6 Å². The van der Waals surface area contributed by atoms with Gasteiger partial charge in [0.25, 0.3) is 6.43 Å². The average Bonchev–Trinajstić information content (AvgIpc) is 2.78. The Bertz CT molecular complexity index is 528. The SMILES string of the molecule is COc1ccc(-c2cc(C(F)F)[nH]n2)cc1Cl. The third-order valence-electron chi connectivity index (χ3n) is 2.28. The van der Waals surface area contributed by atoms with Crippen molar-refractivity contribution in [2.24, 2.45) is 0 Å². The summed E-state index contributed by atoms with van der Waals surface area (Å²) in [6.45, 7) is 0. The summed E-state index contributed by atoms with van der Waals surface area (Å²) in [5.74, 6) is 0.528. The van der Waals surface area contributed by atoms with Gasteiger partial charge in [-0.3, -0.25) is 5.10 Å². The molecule has 90 valence electrons. The zero-order valence-electron chi connectivity index (χ0n) is 8.88. The van der Waals surface area contributed by atoms with E-state index in [-0.39, 0.29) is 5.69 Å². The van der Waals surface area contributed by atoms with Gasteiger partial charge in [-0.2, -0.15) is 5.10 Å². The van der Waals surface area contributed by atoms with E-state index in [0.717, 1.165) is 0 Å². The highest BCUT2D eigenvalue weighted by Gasteiger charge is 2.12. The van der Waals surface area contributed by atoms with Crippen molar-refractivity contribution >= 4 is 11.6 Å². The average molecular weight is 259 g/mol. The number of alkyl halides is 2. The number of aromatic nitrogens is 2. The Morgan fingerprint density at radius 2 is 2.12 bits per heavy atom. The monoisotopic (exact) mass is 258 g/mol. The molecule has 17 heavy (non-hydrogen) atoms. The van der Waals surface area contributed by atoms with Crippen LogP contribution in [0.15, 0.2) is 24.3 Å². The normalized spacial score (nSPS) is 10.9. The first-order valence-electron chi connectivity index (χ1n) is 4.79. The number of hydrogen-bond acceptors (Lipinski definition) is 2. The summed E-state index contributed by atoms with van der Waals surface area (Å²) in [6, 6.07) is 6.28. The lowest BCUT2D eigenvalue weighted by atomic mass is 10.1. The molecule has 1 heterocycles. The molecule has 0 aliphatic carbocycles. The molecule has 0 bridgehead atoms. The van der Waals surface area contributed by atoms with Crippen LogP contribution >= 0.6 is 11.6 Å². The van der Waals surface area contributed by atoms with Crippen LogP contribution in [-0.4, -0.2) is 17.3 Å². The number of hydrogen-bond donors (Lipinski definition) is 1. The number of nitrogens with zero attached hydrogens (tertiary/aromatic N) is 1. The third-order valence-corrected chi connectivity index (χ3v) is 2.58. The minimum absolute atomic E-state index is 0.216. The lowest BCUT2D eigenvalue weighted by Gasteiger charge is -2.03. The van der Waals surface area contributed by atoms with Gasteiger partial charge in [0, 0.05) is 5.56 Å². The lowest BCUT2D eigenvalue weighted by Crippen LogP contribution is -1.85. The maximum absolute atomic E-state index is 12.4. The molecule has 0 saturated heterocycles. The highest BCUT2D eigenvalue weighted by Crippen LogP contribution is 2.30. The molecule has 0 saturated carbocycles. The highest BCUT2D eigenvalue weighted by molar-refractivity contribution is 6.32. The van der Waals surface area contributed by atoms with Crippen molar-refractivity contribution in [1.29, 1.82) is 0 Å². The second-order valence-electron chi connectivity index (χ2n) is 3.36. The predicted octanol–water partition coefficient (Wildman–Crippen LogP) is 3.68. The van der Waals surface area contributed by atoms with Crippen LogP contribution in [0.25, 0.3) is 11.3 Å². The maximum Gasteiger partial charge on any atom is 0.279 e. The first-order chi connectivity index (χ1) is 8.11. The van der Waals surface area contributed by atoms with Crippen LogP contribution in [0.2, 0.25) is 5.02 Å². The van der Waals surface area contributed by atoms with Crippen molar-refractivity contribution in [3.8, 4) is 17.0 Å². The second-order valence-corrected chi connectivity index (χ2v) is 3.77. The Morgan fingerprint density at radius 3 is 2.65 bits per heavy atom. The smallest absolute Gasteiger partial charge is 0.279 e. The first kappa shape index (κ1) is 11.9. The zero-order valence-corrected chi connectivity index (χ0v) is 9.63. The van der Waals surface area contributed by atoms with Crippen molar-refractivity contribution in [3.05, 3.63) is 35.0 Å². The molecule has 0 atom stereocenters. The fourth-order valence-corrected chi connectivity index (χ4v) is 1.68. The fourth-order valence-electron chi connectivity index (χ4n) is 1.42. The number of halogens is 3. The molecule has 2 aromatic rings. The summed E-state index contributed by atoms with van der Waals surface area (Å²) in [7, 11) is 1.50. The van der Waals surface area contributed by atoms with Crippen LogP contribution in [0.4, 0.5) is 8.78 Å². The van der Waals surface area contributed by atoms with E-state index in [1.54, 1.807) is 18.2 Å². The molecule has 0 spiro atoms. The Labute approximate surface area is 101 Å². The van der Waals surface area contributed by atoms with Gasteiger partial charge in [0.2, 0.25) is 0 Å². The van der Waals surface area contributed by atoms with E-state index in [4.69, 9.17) is 16.3 Å². The quantitative estimate of drug-likeness (QED) is 0.912. The van der Waals surface area contributed by atoms with Crippen LogP contribution in [0.3, 0.4) is 0 Å². The van der Waals surface area contributed by atoms with Crippen LogP contribution < -0.4 is 4.74 Å². The minimum atomic E-state index is -2.56. The van der Waals surface area contributed by atoms with Crippen molar-refractivity contribution < 1.29 is 13.5 Å². The van der Waals surface area contributed by atoms with Gasteiger partial charge >= 0.3 is 0 Å². The van der Waals surface area contributed by atoms with Crippen LogP contribution in [0.1, 0.15) is 12.1 Å². The number of H-pyrrole nitrogens is 1. The Hall–Kier alpha value is -1.62. The molecule has 6 heteroatoms. The van der Waals surface area contributed by atoms with Gasteiger partial charge in [-0.15, -0.1) is 0 Å². The third kappa shape index (κ3) is 2.39. The van der Waals surface area contributed by atoms with Gasteiger partial charge in [0.15, 0.2) is 0 Å². The molecule has 0 aliphatic rings. The van der Waals surface area contributed by atoms with Gasteiger partial charge in [0.1, 0.15) is 11.4 Å². The Balaban J connectivity index is 2.36. The standard InChI is InChI=1S/C11H9ClF2N2O/c1-17-10-3-2-6(4-7(10)12)8-5-9(11(13)14)16-15-8/h2-5,11H,1H3,(H,15,16). The number of aromatic amines is 1. The van der Waals surface area contributed by atoms with Crippen LogP contribution in [0.5, 0.6) is 5.75 Å². The molecule has 0 amide bonds. The maximum atomic E-state index is 12.4. The van der Waals surface area contributed by atoms with Gasteiger partial charge in [-0.05, 0) is 24.3 Å². The molecule has 0 unspecified atom stereocenters. The topological polar surface area (TPSA) is 37.9 Å². The van der Waals surface area contributed by atoms with Crippen molar-refractivity contribution in [3.63, 3.8) is 0 Å². The number of nitrogens with one attached hydrogen (secondary N) is 1. The lowest BCUT2D eigenvalue weighted by molar-refractivity contribution is 0.146. The Kier molecular flexibility index (Phi) is 3.28. The Morgan fingerprint density at radius 1 is 1.35 bits per heavy atom. The summed E-state index contributed by atoms with van der Waals surface area (Å²) >= 11 is 5.94. The van der Waals surface area contributed by atoms with E-state index >= 15 is 0 Å². The van der Waals surface area contributed by atoms with Gasteiger partial charge < -0.3 is 4.74 Å². The molecule has 2 rings (SSSR count). The number of rotatable bonds is 3. The summed E-state index contributed by atoms with van der Waals surface area (Å²) in [5.41, 5.74) is 0.857.